The van der Waals surface area contributed by atoms with Crippen molar-refractivity contribution >= 4 is 15.7 Å². The highest BCUT2D eigenvalue weighted by atomic mass is 32.2. The number of piperidine rings is 1. The Morgan fingerprint density at radius 1 is 1.16 bits per heavy atom. The second kappa shape index (κ2) is 9.01. The molecule has 2 aromatic carbocycles. The maximum atomic E-state index is 12.6. The molecule has 166 valence electrons. The maximum absolute atomic E-state index is 12.6. The quantitative estimate of drug-likeness (QED) is 0.744. The first-order valence-electron chi connectivity index (χ1n) is 10.9. The first kappa shape index (κ1) is 21.8. The van der Waals surface area contributed by atoms with E-state index in [0.29, 0.717) is 17.5 Å². The molecule has 0 saturated carbocycles. The molecule has 1 amide bonds. The van der Waals surface area contributed by atoms with Gasteiger partial charge in [-0.2, -0.15) is 0 Å². The van der Waals surface area contributed by atoms with E-state index in [1.54, 1.807) is 24.3 Å². The molecule has 0 aliphatic carbocycles. The molecule has 0 bridgehead atoms. The molecule has 0 spiro atoms. The van der Waals surface area contributed by atoms with Gasteiger partial charge in [0.1, 0.15) is 5.75 Å². The molecule has 0 aromatic heterocycles. The third kappa shape index (κ3) is 5.10. The van der Waals surface area contributed by atoms with Gasteiger partial charge in [-0.05, 0) is 67.7 Å². The largest absolute Gasteiger partial charge is 0.493 e. The topological polar surface area (TPSA) is 75.7 Å². The minimum absolute atomic E-state index is 0.0158. The number of sulfone groups is 1. The average Bonchev–Trinajstić information content (AvgIpc) is 3.24. The Morgan fingerprint density at radius 3 is 2.55 bits per heavy atom. The number of nitrogens with zero attached hydrogens (tertiary/aromatic N) is 1. The summed E-state index contributed by atoms with van der Waals surface area (Å²) in [4.78, 5) is 15.4. The van der Waals surface area contributed by atoms with Crippen LogP contribution in [0, 0.1) is 5.92 Å². The zero-order chi connectivity index (χ0) is 22.0. The molecule has 2 aromatic rings. The summed E-state index contributed by atoms with van der Waals surface area (Å²) >= 11 is 0. The van der Waals surface area contributed by atoms with Gasteiger partial charge in [0.25, 0.3) is 0 Å². The van der Waals surface area contributed by atoms with Gasteiger partial charge in [-0.1, -0.05) is 24.3 Å². The number of ether oxygens (including phenoxy) is 1. The Bertz CT molecular complexity index is 1040. The highest BCUT2D eigenvalue weighted by molar-refractivity contribution is 7.90. The summed E-state index contributed by atoms with van der Waals surface area (Å²) in [5.74, 6) is 1.11. The van der Waals surface area contributed by atoms with E-state index in [1.807, 2.05) is 0 Å². The van der Waals surface area contributed by atoms with E-state index in [-0.39, 0.29) is 11.8 Å². The van der Waals surface area contributed by atoms with Gasteiger partial charge < -0.3 is 10.1 Å². The number of hydrogen-bond donors (Lipinski definition) is 1. The monoisotopic (exact) mass is 442 g/mol. The number of amides is 1. The number of rotatable bonds is 6. The lowest BCUT2D eigenvalue weighted by Gasteiger charge is -2.35. The average molecular weight is 443 g/mol. The molecule has 31 heavy (non-hydrogen) atoms. The van der Waals surface area contributed by atoms with Crippen molar-refractivity contribution in [3.8, 4) is 5.75 Å². The summed E-state index contributed by atoms with van der Waals surface area (Å²) in [5.41, 5.74) is 3.45. The first-order valence-corrected chi connectivity index (χ1v) is 12.8. The Hall–Kier alpha value is -2.38. The van der Waals surface area contributed by atoms with E-state index in [9.17, 15) is 13.2 Å². The molecular formula is C24H30N2O4S. The van der Waals surface area contributed by atoms with Crippen LogP contribution in [0.3, 0.4) is 0 Å². The summed E-state index contributed by atoms with van der Waals surface area (Å²) in [6.07, 6.45) is 3.86. The fourth-order valence-electron chi connectivity index (χ4n) is 4.39. The van der Waals surface area contributed by atoms with Gasteiger partial charge in [-0.15, -0.1) is 0 Å². The summed E-state index contributed by atoms with van der Waals surface area (Å²) in [6, 6.07) is 13.5. The second-order valence-electron chi connectivity index (χ2n) is 8.59. The number of carbonyl (C=O) groups is 1. The number of fused-ring (bicyclic) bond motifs is 1. The third-order valence-corrected chi connectivity index (χ3v) is 7.60. The van der Waals surface area contributed by atoms with Gasteiger partial charge in [0.15, 0.2) is 9.84 Å². The zero-order valence-electron chi connectivity index (χ0n) is 18.1. The van der Waals surface area contributed by atoms with Crippen LogP contribution >= 0.6 is 0 Å². The molecule has 2 aliphatic heterocycles. The van der Waals surface area contributed by atoms with Crippen molar-refractivity contribution in [2.24, 2.45) is 5.92 Å². The second-order valence-corrected chi connectivity index (χ2v) is 10.6. The molecule has 2 heterocycles. The van der Waals surface area contributed by atoms with Crippen molar-refractivity contribution in [1.29, 1.82) is 0 Å². The molecule has 0 radical (unpaired) electrons. The highest BCUT2D eigenvalue weighted by Crippen LogP contribution is 2.32. The van der Waals surface area contributed by atoms with Crippen LogP contribution in [0.15, 0.2) is 47.4 Å². The Morgan fingerprint density at radius 2 is 1.87 bits per heavy atom. The minimum atomic E-state index is -3.20. The van der Waals surface area contributed by atoms with Crippen LogP contribution in [0.1, 0.15) is 42.5 Å². The predicted octanol–water partition coefficient (Wildman–Crippen LogP) is 3.11. The van der Waals surface area contributed by atoms with Crippen LogP contribution in [-0.2, 0) is 27.6 Å². The maximum Gasteiger partial charge on any atom is 0.223 e. The Kier molecular flexibility index (Phi) is 6.34. The SMILES string of the molecule is CC(c1ccc2c(c1)OCC2)N1CCC(C(=O)NCc2ccc(S(C)(=O)=O)cc2)CC1. The molecule has 4 rings (SSSR count). The van der Waals surface area contributed by atoms with Gasteiger partial charge >= 0.3 is 0 Å². The van der Waals surface area contributed by atoms with Gasteiger partial charge in [0, 0.05) is 31.2 Å². The standard InChI is InChI=1S/C24H30N2O4S/c1-17(21-6-5-19-11-14-30-23(19)15-21)26-12-9-20(10-13-26)24(27)25-16-18-3-7-22(8-4-18)31(2,28)29/h3-8,15,17,20H,9-14,16H2,1-2H3,(H,25,27). The van der Waals surface area contributed by atoms with Crippen molar-refractivity contribution in [1.82, 2.24) is 10.2 Å². The van der Waals surface area contributed by atoms with E-state index in [0.717, 1.165) is 50.3 Å². The van der Waals surface area contributed by atoms with E-state index in [1.165, 1.54) is 17.4 Å². The van der Waals surface area contributed by atoms with Crippen LogP contribution < -0.4 is 10.1 Å². The fourth-order valence-corrected chi connectivity index (χ4v) is 5.02. The van der Waals surface area contributed by atoms with E-state index >= 15 is 0 Å². The van der Waals surface area contributed by atoms with Gasteiger partial charge in [-0.3, -0.25) is 9.69 Å². The predicted molar refractivity (Wildman–Crippen MR) is 120 cm³/mol. The van der Waals surface area contributed by atoms with Crippen molar-refractivity contribution in [3.63, 3.8) is 0 Å². The van der Waals surface area contributed by atoms with Crippen LogP contribution in [0.2, 0.25) is 0 Å². The molecule has 1 atom stereocenters. The lowest BCUT2D eigenvalue weighted by Crippen LogP contribution is -2.41. The Balaban J connectivity index is 1.27. The normalized spacial score (nSPS) is 18.3. The van der Waals surface area contributed by atoms with Gasteiger partial charge in [-0.25, -0.2) is 8.42 Å². The minimum Gasteiger partial charge on any atom is -0.493 e. The number of carbonyl (C=O) groups excluding carboxylic acids is 1. The van der Waals surface area contributed by atoms with Crippen molar-refractivity contribution in [2.45, 2.75) is 43.7 Å². The van der Waals surface area contributed by atoms with E-state index in [4.69, 9.17) is 4.74 Å². The van der Waals surface area contributed by atoms with E-state index in [2.05, 4.69) is 35.3 Å². The Labute approximate surface area is 184 Å². The number of benzene rings is 2. The van der Waals surface area contributed by atoms with Gasteiger partial charge in [0.05, 0.1) is 11.5 Å². The fraction of sp³-hybridized carbons (Fsp3) is 0.458. The molecule has 6 nitrogen and oxygen atoms in total. The molecule has 1 N–H and O–H groups in total. The summed E-state index contributed by atoms with van der Waals surface area (Å²) < 4.78 is 28.8. The molecule has 2 aliphatic rings. The van der Waals surface area contributed by atoms with Crippen LogP contribution in [0.5, 0.6) is 5.75 Å². The molecule has 1 unspecified atom stereocenters. The van der Waals surface area contributed by atoms with Crippen molar-refractivity contribution in [2.75, 3.05) is 26.0 Å². The van der Waals surface area contributed by atoms with Gasteiger partial charge in [0.2, 0.25) is 5.91 Å². The lowest BCUT2D eigenvalue weighted by molar-refractivity contribution is -0.126. The smallest absolute Gasteiger partial charge is 0.223 e. The van der Waals surface area contributed by atoms with Crippen LogP contribution in [0.4, 0.5) is 0 Å². The summed E-state index contributed by atoms with van der Waals surface area (Å²) in [6.45, 7) is 5.18. The molecular weight excluding hydrogens is 412 g/mol. The molecule has 1 saturated heterocycles. The highest BCUT2D eigenvalue weighted by Gasteiger charge is 2.28. The third-order valence-electron chi connectivity index (χ3n) is 6.47. The first-order chi connectivity index (χ1) is 14.8. The molecule has 1 fully saturated rings. The lowest BCUT2D eigenvalue weighted by atomic mass is 9.93. The van der Waals surface area contributed by atoms with Crippen molar-refractivity contribution in [3.05, 3.63) is 59.2 Å². The molecule has 7 heteroatoms. The van der Waals surface area contributed by atoms with Crippen LogP contribution in [-0.4, -0.2) is 45.2 Å². The summed E-state index contributed by atoms with van der Waals surface area (Å²) in [7, 11) is -3.20. The number of hydrogen-bond acceptors (Lipinski definition) is 5. The van der Waals surface area contributed by atoms with Crippen LogP contribution in [0.25, 0.3) is 0 Å². The summed E-state index contributed by atoms with van der Waals surface area (Å²) in [5, 5.41) is 3.01. The van der Waals surface area contributed by atoms with Crippen molar-refractivity contribution < 1.29 is 17.9 Å². The zero-order valence-corrected chi connectivity index (χ0v) is 19.0. The van der Waals surface area contributed by atoms with E-state index < -0.39 is 9.84 Å². The number of likely N-dealkylation sites (tertiary alicyclic amines) is 1. The number of nitrogens with one attached hydrogen (secondary N) is 1.